The van der Waals surface area contributed by atoms with Gasteiger partial charge in [0.25, 0.3) is 0 Å². The van der Waals surface area contributed by atoms with Gasteiger partial charge >= 0.3 is 0 Å². The molecule has 0 spiro atoms. The molecule has 2 heterocycles. The van der Waals surface area contributed by atoms with Crippen LogP contribution in [0.2, 0.25) is 0 Å². The zero-order chi connectivity index (χ0) is 14.8. The first-order chi connectivity index (χ1) is 9.45. The summed E-state index contributed by atoms with van der Waals surface area (Å²) < 4.78 is 5.40. The number of carbonyl (C=O) groups is 2. The molecular weight excluding hydrogens is 256 g/mol. The molecule has 2 aliphatic rings. The van der Waals surface area contributed by atoms with Gasteiger partial charge in [-0.2, -0.15) is 0 Å². The summed E-state index contributed by atoms with van der Waals surface area (Å²) in [7, 11) is 0. The molecule has 20 heavy (non-hydrogen) atoms. The van der Waals surface area contributed by atoms with E-state index in [1.807, 2.05) is 13.8 Å². The number of amides is 2. The number of hydrogen-bond donors (Lipinski definition) is 1. The molecule has 0 radical (unpaired) electrons. The van der Waals surface area contributed by atoms with Crippen molar-refractivity contribution in [3.8, 4) is 0 Å². The standard InChI is InChI=1S/C15H26N2O3/c1-4-11(2)13-14(19)17(9-12(18)16-13)10-15(3)5-7-20-8-6-15/h11,13H,4-10H2,1-3H3,(H,16,18). The van der Waals surface area contributed by atoms with Crippen LogP contribution in [-0.2, 0) is 14.3 Å². The van der Waals surface area contributed by atoms with Crippen molar-refractivity contribution >= 4 is 11.8 Å². The molecule has 0 saturated carbocycles. The predicted molar refractivity (Wildman–Crippen MR) is 76.1 cm³/mol. The fourth-order valence-corrected chi connectivity index (χ4v) is 2.97. The number of hydrogen-bond acceptors (Lipinski definition) is 3. The Hall–Kier alpha value is -1.10. The molecule has 2 saturated heterocycles. The van der Waals surface area contributed by atoms with Crippen molar-refractivity contribution in [1.29, 1.82) is 0 Å². The van der Waals surface area contributed by atoms with Crippen LogP contribution in [0, 0.1) is 11.3 Å². The van der Waals surface area contributed by atoms with Crippen molar-refractivity contribution in [3.05, 3.63) is 0 Å². The summed E-state index contributed by atoms with van der Waals surface area (Å²) in [4.78, 5) is 26.2. The number of piperazine rings is 1. The Labute approximate surface area is 121 Å². The number of nitrogens with one attached hydrogen (secondary N) is 1. The predicted octanol–water partition coefficient (Wildman–Crippen LogP) is 1.18. The lowest BCUT2D eigenvalue weighted by Crippen LogP contribution is -2.61. The van der Waals surface area contributed by atoms with Crippen molar-refractivity contribution in [1.82, 2.24) is 10.2 Å². The second kappa shape index (κ2) is 6.12. The SMILES string of the molecule is CCC(C)C1NC(=O)CN(CC2(C)CCOCC2)C1=O. The summed E-state index contributed by atoms with van der Waals surface area (Å²) in [5, 5.41) is 2.84. The molecule has 5 nitrogen and oxygen atoms in total. The molecule has 0 aromatic heterocycles. The minimum atomic E-state index is -0.357. The third-order valence-electron chi connectivity index (χ3n) is 4.71. The van der Waals surface area contributed by atoms with Crippen molar-refractivity contribution in [3.63, 3.8) is 0 Å². The number of rotatable bonds is 4. The van der Waals surface area contributed by atoms with Crippen molar-refractivity contribution in [2.45, 2.75) is 46.1 Å². The molecule has 2 amide bonds. The van der Waals surface area contributed by atoms with E-state index in [0.717, 1.165) is 32.5 Å². The van der Waals surface area contributed by atoms with Crippen LogP contribution in [0.5, 0.6) is 0 Å². The Morgan fingerprint density at radius 3 is 2.65 bits per heavy atom. The first-order valence-electron chi connectivity index (χ1n) is 7.61. The molecule has 0 aliphatic carbocycles. The molecule has 2 fully saturated rings. The van der Waals surface area contributed by atoms with Gasteiger partial charge in [-0.3, -0.25) is 9.59 Å². The van der Waals surface area contributed by atoms with Crippen LogP contribution < -0.4 is 5.32 Å². The van der Waals surface area contributed by atoms with Crippen LogP contribution in [-0.4, -0.2) is 49.1 Å². The first-order valence-corrected chi connectivity index (χ1v) is 7.61. The Balaban J connectivity index is 2.06. The Morgan fingerprint density at radius 2 is 2.05 bits per heavy atom. The van der Waals surface area contributed by atoms with E-state index in [1.165, 1.54) is 0 Å². The maximum atomic E-state index is 12.6. The van der Waals surface area contributed by atoms with Gasteiger partial charge in [0.1, 0.15) is 6.04 Å². The van der Waals surface area contributed by atoms with Crippen LogP contribution in [0.3, 0.4) is 0 Å². The van der Waals surface area contributed by atoms with Crippen LogP contribution in [0.25, 0.3) is 0 Å². The Morgan fingerprint density at radius 1 is 1.40 bits per heavy atom. The summed E-state index contributed by atoms with van der Waals surface area (Å²) in [6, 6.07) is -0.357. The third kappa shape index (κ3) is 3.32. The largest absolute Gasteiger partial charge is 0.381 e. The van der Waals surface area contributed by atoms with Crippen molar-refractivity contribution in [2.75, 3.05) is 26.3 Å². The molecule has 0 aromatic rings. The minimum absolute atomic E-state index is 0.0365. The van der Waals surface area contributed by atoms with E-state index in [0.29, 0.717) is 6.54 Å². The zero-order valence-electron chi connectivity index (χ0n) is 12.8. The van der Waals surface area contributed by atoms with Gasteiger partial charge in [0.15, 0.2) is 0 Å². The fourth-order valence-electron chi connectivity index (χ4n) is 2.97. The minimum Gasteiger partial charge on any atom is -0.381 e. The topological polar surface area (TPSA) is 58.6 Å². The maximum absolute atomic E-state index is 12.6. The zero-order valence-corrected chi connectivity index (χ0v) is 12.8. The van der Waals surface area contributed by atoms with Crippen LogP contribution in [0.4, 0.5) is 0 Å². The second-order valence-corrected chi connectivity index (χ2v) is 6.55. The van der Waals surface area contributed by atoms with Gasteiger partial charge in [-0.1, -0.05) is 27.2 Å². The van der Waals surface area contributed by atoms with Crippen molar-refractivity contribution < 1.29 is 14.3 Å². The van der Waals surface area contributed by atoms with Gasteiger partial charge < -0.3 is 15.0 Å². The van der Waals surface area contributed by atoms with Crippen LogP contribution in [0.1, 0.15) is 40.0 Å². The summed E-state index contributed by atoms with van der Waals surface area (Å²) in [6.45, 7) is 8.61. The molecule has 2 rings (SSSR count). The molecule has 1 N–H and O–H groups in total. The smallest absolute Gasteiger partial charge is 0.245 e. The van der Waals surface area contributed by atoms with Crippen molar-refractivity contribution in [2.24, 2.45) is 11.3 Å². The summed E-state index contributed by atoms with van der Waals surface area (Å²) >= 11 is 0. The molecular formula is C15H26N2O3. The highest BCUT2D eigenvalue weighted by Crippen LogP contribution is 2.31. The van der Waals surface area contributed by atoms with E-state index < -0.39 is 0 Å². The highest BCUT2D eigenvalue weighted by molar-refractivity contribution is 5.95. The van der Waals surface area contributed by atoms with E-state index in [1.54, 1.807) is 4.90 Å². The van der Waals surface area contributed by atoms with Gasteiger partial charge in [0.05, 0.1) is 6.54 Å². The molecule has 0 bridgehead atoms. The lowest BCUT2D eigenvalue weighted by Gasteiger charge is -2.42. The van der Waals surface area contributed by atoms with Gasteiger partial charge in [-0.25, -0.2) is 0 Å². The summed E-state index contributed by atoms with van der Waals surface area (Å²) in [6.07, 6.45) is 2.79. The average Bonchev–Trinajstić information content (AvgIpc) is 2.42. The van der Waals surface area contributed by atoms with E-state index in [9.17, 15) is 9.59 Å². The monoisotopic (exact) mass is 282 g/mol. The Kier molecular flexibility index (Phi) is 4.68. The van der Waals surface area contributed by atoms with E-state index >= 15 is 0 Å². The molecule has 5 heteroatoms. The molecule has 2 unspecified atom stereocenters. The summed E-state index contributed by atoms with van der Waals surface area (Å²) in [5.74, 6) is 0.217. The summed E-state index contributed by atoms with van der Waals surface area (Å²) in [5.41, 5.74) is 0.0749. The van der Waals surface area contributed by atoms with Gasteiger partial charge in [0.2, 0.25) is 11.8 Å². The first kappa shape index (κ1) is 15.3. The van der Waals surface area contributed by atoms with E-state index in [-0.39, 0.29) is 35.7 Å². The lowest BCUT2D eigenvalue weighted by atomic mass is 9.81. The van der Waals surface area contributed by atoms with Crippen LogP contribution >= 0.6 is 0 Å². The number of carbonyl (C=O) groups excluding carboxylic acids is 2. The second-order valence-electron chi connectivity index (χ2n) is 6.55. The highest BCUT2D eigenvalue weighted by Gasteiger charge is 2.39. The van der Waals surface area contributed by atoms with E-state index in [4.69, 9.17) is 4.74 Å². The van der Waals surface area contributed by atoms with E-state index in [2.05, 4.69) is 12.2 Å². The van der Waals surface area contributed by atoms with Crippen LogP contribution in [0.15, 0.2) is 0 Å². The van der Waals surface area contributed by atoms with Gasteiger partial charge in [-0.05, 0) is 24.2 Å². The lowest BCUT2D eigenvalue weighted by molar-refractivity contribution is -0.148. The molecule has 0 aromatic carbocycles. The highest BCUT2D eigenvalue weighted by atomic mass is 16.5. The third-order valence-corrected chi connectivity index (χ3v) is 4.71. The molecule has 114 valence electrons. The number of nitrogens with zero attached hydrogens (tertiary/aromatic N) is 1. The quantitative estimate of drug-likeness (QED) is 0.842. The molecule has 2 atom stereocenters. The van der Waals surface area contributed by atoms with Gasteiger partial charge in [0, 0.05) is 19.8 Å². The average molecular weight is 282 g/mol. The maximum Gasteiger partial charge on any atom is 0.245 e. The fraction of sp³-hybridized carbons (Fsp3) is 0.867. The Bertz CT molecular complexity index is 377. The normalized spacial score (nSPS) is 28.1. The number of ether oxygens (including phenoxy) is 1. The van der Waals surface area contributed by atoms with Gasteiger partial charge in [-0.15, -0.1) is 0 Å². The molecule has 2 aliphatic heterocycles.